The van der Waals surface area contributed by atoms with Crippen molar-refractivity contribution < 1.29 is 14.3 Å². The van der Waals surface area contributed by atoms with Gasteiger partial charge in [-0.2, -0.15) is 0 Å². The maximum absolute atomic E-state index is 12.5. The smallest absolute Gasteiger partial charge is 0.235 e. The molecule has 5 heteroatoms. The lowest BCUT2D eigenvalue weighted by molar-refractivity contribution is -0.160. The highest BCUT2D eigenvalue weighted by Crippen LogP contribution is 2.42. The van der Waals surface area contributed by atoms with Crippen LogP contribution in [0.1, 0.15) is 40.0 Å². The van der Waals surface area contributed by atoms with Crippen LogP contribution in [0.25, 0.3) is 0 Å². The maximum atomic E-state index is 12.5. The molecule has 1 amide bonds. The van der Waals surface area contributed by atoms with E-state index in [1.165, 1.54) is 0 Å². The quantitative estimate of drug-likeness (QED) is 0.584. The lowest BCUT2D eigenvalue weighted by atomic mass is 9.85. The number of fused-ring (bicyclic) bond motifs is 2. The Morgan fingerprint density at radius 2 is 2.15 bits per heavy atom. The molecule has 0 radical (unpaired) electrons. The molecule has 5 nitrogen and oxygen atoms in total. The van der Waals surface area contributed by atoms with Crippen molar-refractivity contribution in [2.75, 3.05) is 13.7 Å². The number of rotatable bonds is 4. The van der Waals surface area contributed by atoms with E-state index in [2.05, 4.69) is 4.99 Å². The van der Waals surface area contributed by atoms with Gasteiger partial charge in [-0.05, 0) is 24.7 Å². The predicted octanol–water partition coefficient (Wildman–Crippen LogP) is 1.97. The van der Waals surface area contributed by atoms with Gasteiger partial charge in [0, 0.05) is 25.5 Å². The summed E-state index contributed by atoms with van der Waals surface area (Å²) in [5, 5.41) is 0. The highest BCUT2D eigenvalue weighted by Gasteiger charge is 2.47. The van der Waals surface area contributed by atoms with Crippen LogP contribution in [0.15, 0.2) is 4.99 Å². The molecule has 1 aliphatic heterocycles. The van der Waals surface area contributed by atoms with Crippen molar-refractivity contribution in [3.05, 3.63) is 0 Å². The van der Waals surface area contributed by atoms with E-state index in [0.29, 0.717) is 12.5 Å². The number of likely N-dealkylation sites (tertiary alicyclic amines) is 1. The minimum absolute atomic E-state index is 0.132. The largest absolute Gasteiger partial charge is 0.361 e. The van der Waals surface area contributed by atoms with Crippen LogP contribution < -0.4 is 0 Å². The highest BCUT2D eigenvalue weighted by atomic mass is 16.5. The fourth-order valence-electron chi connectivity index (χ4n) is 3.39. The molecule has 4 atom stereocenters. The molecule has 1 saturated heterocycles. The molecule has 2 rings (SSSR count). The SMILES string of the molecule is COC1C2CCC(C2)C(=O)N1C[C@@H](N=C=O)C(C)(C)C. The van der Waals surface area contributed by atoms with Gasteiger partial charge < -0.3 is 9.64 Å². The third-order valence-electron chi connectivity index (χ3n) is 4.64. The lowest BCUT2D eigenvalue weighted by Crippen LogP contribution is -2.54. The molecule has 3 unspecified atom stereocenters. The Kier molecular flexibility index (Phi) is 4.31. The number of carbonyl (C=O) groups is 1. The number of piperidine rings is 1. The Labute approximate surface area is 120 Å². The third-order valence-corrected chi connectivity index (χ3v) is 4.64. The Hall–Kier alpha value is -1.19. The fraction of sp³-hybridized carbons (Fsp3) is 0.867. The van der Waals surface area contributed by atoms with Gasteiger partial charge in [-0.1, -0.05) is 20.8 Å². The zero-order valence-electron chi connectivity index (χ0n) is 12.8. The van der Waals surface area contributed by atoms with Gasteiger partial charge in [0.2, 0.25) is 12.0 Å². The Morgan fingerprint density at radius 3 is 2.70 bits per heavy atom. The maximum Gasteiger partial charge on any atom is 0.235 e. The second-order valence-corrected chi connectivity index (χ2v) is 6.99. The molecule has 1 saturated carbocycles. The van der Waals surface area contributed by atoms with Crippen LogP contribution in [-0.4, -0.2) is 42.8 Å². The van der Waals surface area contributed by atoms with E-state index < -0.39 is 0 Å². The van der Waals surface area contributed by atoms with E-state index in [-0.39, 0.29) is 29.5 Å². The predicted molar refractivity (Wildman–Crippen MR) is 74.7 cm³/mol. The standard InChI is InChI=1S/C15H24N2O3/c1-15(2,3)12(16-9-18)8-17-13(19)10-5-6-11(7-10)14(17)20-4/h10-12,14H,5-8H2,1-4H3/t10?,11?,12-,14?/m1/s1. The first-order valence-corrected chi connectivity index (χ1v) is 7.28. The monoisotopic (exact) mass is 280 g/mol. The molecule has 112 valence electrons. The second-order valence-electron chi connectivity index (χ2n) is 6.99. The second kappa shape index (κ2) is 5.66. The third kappa shape index (κ3) is 2.79. The van der Waals surface area contributed by atoms with Gasteiger partial charge in [0.25, 0.3) is 0 Å². The normalized spacial score (nSPS) is 31.1. The average molecular weight is 280 g/mol. The van der Waals surface area contributed by atoms with Gasteiger partial charge in [-0.3, -0.25) is 4.79 Å². The van der Waals surface area contributed by atoms with E-state index in [1.54, 1.807) is 18.1 Å². The summed E-state index contributed by atoms with van der Waals surface area (Å²) in [6, 6.07) is -0.251. The van der Waals surface area contributed by atoms with Crippen molar-refractivity contribution >= 4 is 12.0 Å². The van der Waals surface area contributed by atoms with Crippen molar-refractivity contribution in [2.45, 2.75) is 52.3 Å². The Bertz CT molecular complexity index is 423. The van der Waals surface area contributed by atoms with Crippen molar-refractivity contribution in [1.29, 1.82) is 0 Å². The van der Waals surface area contributed by atoms with Gasteiger partial charge in [-0.25, -0.2) is 9.79 Å². The molecule has 1 heterocycles. The number of aliphatic imine (C=N–C) groups is 1. The van der Waals surface area contributed by atoms with Crippen LogP contribution in [0.2, 0.25) is 0 Å². The summed E-state index contributed by atoms with van der Waals surface area (Å²) in [6.07, 6.45) is 4.41. The summed E-state index contributed by atoms with van der Waals surface area (Å²) >= 11 is 0. The molecule has 0 aromatic rings. The number of amides is 1. The summed E-state index contributed by atoms with van der Waals surface area (Å²) < 4.78 is 5.56. The van der Waals surface area contributed by atoms with Crippen molar-refractivity contribution in [1.82, 2.24) is 4.90 Å². The summed E-state index contributed by atoms with van der Waals surface area (Å²) in [5.74, 6) is 0.705. The topological polar surface area (TPSA) is 59.0 Å². The number of isocyanates is 1. The average Bonchev–Trinajstić information content (AvgIpc) is 2.80. The molecular weight excluding hydrogens is 256 g/mol. The summed E-state index contributed by atoms with van der Waals surface area (Å²) in [6.45, 7) is 6.49. The van der Waals surface area contributed by atoms with E-state index in [0.717, 1.165) is 19.3 Å². The molecule has 0 spiro atoms. The highest BCUT2D eigenvalue weighted by molar-refractivity contribution is 5.80. The van der Waals surface area contributed by atoms with Crippen LogP contribution >= 0.6 is 0 Å². The van der Waals surface area contributed by atoms with Gasteiger partial charge in [0.15, 0.2) is 0 Å². The Morgan fingerprint density at radius 1 is 1.45 bits per heavy atom. The van der Waals surface area contributed by atoms with Crippen LogP contribution in [0, 0.1) is 17.3 Å². The first-order chi connectivity index (χ1) is 9.38. The van der Waals surface area contributed by atoms with E-state index >= 15 is 0 Å². The summed E-state index contributed by atoms with van der Waals surface area (Å²) in [4.78, 5) is 28.9. The molecular formula is C15H24N2O3. The molecule has 1 aliphatic carbocycles. The number of ether oxygens (including phenoxy) is 1. The van der Waals surface area contributed by atoms with E-state index in [9.17, 15) is 9.59 Å². The van der Waals surface area contributed by atoms with E-state index in [4.69, 9.17) is 4.74 Å². The molecule has 20 heavy (non-hydrogen) atoms. The number of methoxy groups -OCH3 is 1. The van der Waals surface area contributed by atoms with E-state index in [1.807, 2.05) is 20.8 Å². The van der Waals surface area contributed by atoms with Gasteiger partial charge in [0.05, 0.1) is 6.04 Å². The lowest BCUT2D eigenvalue weighted by Gasteiger charge is -2.41. The van der Waals surface area contributed by atoms with Crippen molar-refractivity contribution in [3.8, 4) is 0 Å². The fourth-order valence-corrected chi connectivity index (χ4v) is 3.39. The number of hydrogen-bond acceptors (Lipinski definition) is 4. The summed E-state index contributed by atoms with van der Waals surface area (Å²) in [5.41, 5.74) is -0.188. The zero-order chi connectivity index (χ0) is 14.9. The van der Waals surface area contributed by atoms with Crippen molar-refractivity contribution in [2.24, 2.45) is 22.2 Å². The minimum Gasteiger partial charge on any atom is -0.361 e. The molecule has 2 bridgehead atoms. The van der Waals surface area contributed by atoms with Gasteiger partial charge in [-0.15, -0.1) is 0 Å². The van der Waals surface area contributed by atoms with Crippen LogP contribution in [0.3, 0.4) is 0 Å². The van der Waals surface area contributed by atoms with Crippen LogP contribution in [0.5, 0.6) is 0 Å². The minimum atomic E-state index is -0.251. The van der Waals surface area contributed by atoms with Gasteiger partial charge in [0.1, 0.15) is 6.23 Å². The number of hydrogen-bond donors (Lipinski definition) is 0. The molecule has 2 aliphatic rings. The molecule has 0 aromatic heterocycles. The summed E-state index contributed by atoms with van der Waals surface area (Å²) in [7, 11) is 1.65. The first-order valence-electron chi connectivity index (χ1n) is 7.28. The van der Waals surface area contributed by atoms with Crippen LogP contribution in [0.4, 0.5) is 0 Å². The Balaban J connectivity index is 2.20. The molecule has 2 fully saturated rings. The number of nitrogens with zero attached hydrogens (tertiary/aromatic N) is 2. The molecule has 0 N–H and O–H groups in total. The van der Waals surface area contributed by atoms with Crippen LogP contribution in [-0.2, 0) is 14.3 Å². The number of carbonyl (C=O) groups excluding carboxylic acids is 2. The first kappa shape index (κ1) is 15.2. The zero-order valence-corrected chi connectivity index (χ0v) is 12.8. The van der Waals surface area contributed by atoms with Crippen molar-refractivity contribution in [3.63, 3.8) is 0 Å². The van der Waals surface area contributed by atoms with Gasteiger partial charge >= 0.3 is 0 Å². The molecule has 0 aromatic carbocycles.